The van der Waals surface area contributed by atoms with Crippen LogP contribution in [-0.2, 0) is 11.8 Å². The molecular weight excluding hydrogens is 565 g/mol. The Hall–Kier alpha value is -4.35. The van der Waals surface area contributed by atoms with Gasteiger partial charge in [0, 0.05) is 41.4 Å². The van der Waals surface area contributed by atoms with Gasteiger partial charge in [0.15, 0.2) is 5.15 Å². The molecular formula is C28H25Cl2N9O2. The Balaban J connectivity index is 1.43. The van der Waals surface area contributed by atoms with E-state index in [9.17, 15) is 9.59 Å². The number of nitrogens with one attached hydrogen (secondary N) is 1. The average Bonchev–Trinajstić information content (AvgIpc) is 3.56. The summed E-state index contributed by atoms with van der Waals surface area (Å²) in [6, 6.07) is 10.1. The van der Waals surface area contributed by atoms with Crippen LogP contribution in [-0.4, -0.2) is 45.2 Å². The van der Waals surface area contributed by atoms with Crippen LogP contribution in [0.5, 0.6) is 0 Å². The highest BCUT2D eigenvalue weighted by Gasteiger charge is 2.24. The highest BCUT2D eigenvalue weighted by Crippen LogP contribution is 2.33. The monoisotopic (exact) mass is 589 g/mol. The minimum atomic E-state index is -0.397. The number of aromatic nitrogens is 8. The summed E-state index contributed by atoms with van der Waals surface area (Å²) in [7, 11) is 1.79. The summed E-state index contributed by atoms with van der Waals surface area (Å²) in [6.45, 7) is 1.90. The van der Waals surface area contributed by atoms with Gasteiger partial charge in [-0.3, -0.25) is 23.8 Å². The normalized spacial score (nSPS) is 17.3. The molecule has 0 spiro atoms. The van der Waals surface area contributed by atoms with E-state index < -0.39 is 6.04 Å². The Kier molecular flexibility index (Phi) is 7.14. The van der Waals surface area contributed by atoms with Gasteiger partial charge in [-0.1, -0.05) is 41.8 Å². The number of nitrogens with zero attached hydrogens (tertiary/aromatic N) is 8. The van der Waals surface area contributed by atoms with Crippen molar-refractivity contribution < 1.29 is 4.79 Å². The molecule has 13 heteroatoms. The van der Waals surface area contributed by atoms with Gasteiger partial charge in [-0.15, -0.1) is 5.10 Å². The summed E-state index contributed by atoms with van der Waals surface area (Å²) < 4.78 is 4.74. The number of pyridine rings is 1. The number of hydrogen-bond acceptors (Lipinski definition) is 7. The maximum Gasteiger partial charge on any atom is 0.254 e. The third kappa shape index (κ3) is 5.25. The number of hydrogen-bond donors (Lipinski definition) is 1. The van der Waals surface area contributed by atoms with Crippen LogP contribution in [0.2, 0.25) is 10.2 Å². The van der Waals surface area contributed by atoms with Crippen LogP contribution in [0.25, 0.3) is 28.1 Å². The molecule has 0 saturated heterocycles. The molecule has 4 aromatic heterocycles. The fourth-order valence-electron chi connectivity index (χ4n) is 5.08. The molecule has 1 amide bonds. The van der Waals surface area contributed by atoms with Crippen molar-refractivity contribution in [2.24, 2.45) is 13.0 Å². The lowest BCUT2D eigenvalue weighted by molar-refractivity contribution is -0.119. The fourth-order valence-corrected chi connectivity index (χ4v) is 5.38. The zero-order valence-corrected chi connectivity index (χ0v) is 23.7. The molecule has 2 atom stereocenters. The summed E-state index contributed by atoms with van der Waals surface area (Å²) in [6.07, 6.45) is 8.45. The van der Waals surface area contributed by atoms with Gasteiger partial charge in [-0.25, -0.2) is 9.67 Å². The summed E-state index contributed by atoms with van der Waals surface area (Å²) in [5.74, 6) is 0.314. The van der Waals surface area contributed by atoms with Crippen molar-refractivity contribution in [3.05, 3.63) is 87.5 Å². The number of carbonyl (C=O) groups is 1. The lowest BCUT2D eigenvalue weighted by atomic mass is 9.96. The molecule has 5 aromatic rings. The van der Waals surface area contributed by atoms with Crippen LogP contribution in [0.1, 0.15) is 37.9 Å². The first-order valence-corrected chi connectivity index (χ1v) is 13.8. The van der Waals surface area contributed by atoms with Gasteiger partial charge in [0.1, 0.15) is 5.82 Å². The second kappa shape index (κ2) is 10.9. The Bertz CT molecular complexity index is 1830. The molecule has 1 aliphatic rings. The highest BCUT2D eigenvalue weighted by atomic mass is 35.5. The van der Waals surface area contributed by atoms with Crippen molar-refractivity contribution in [2.75, 3.05) is 5.32 Å². The van der Waals surface area contributed by atoms with Gasteiger partial charge in [-0.05, 0) is 48.7 Å². The van der Waals surface area contributed by atoms with E-state index in [0.29, 0.717) is 52.7 Å². The summed E-state index contributed by atoms with van der Waals surface area (Å²) in [4.78, 5) is 35.9. The van der Waals surface area contributed by atoms with E-state index in [4.69, 9.17) is 23.2 Å². The number of carbonyl (C=O) groups excluding carboxylic acids is 1. The molecule has 1 N–H and O–H groups in total. The second-order valence-corrected chi connectivity index (χ2v) is 10.8. The van der Waals surface area contributed by atoms with Crippen LogP contribution < -0.4 is 10.9 Å². The van der Waals surface area contributed by atoms with E-state index in [1.54, 1.807) is 53.1 Å². The van der Waals surface area contributed by atoms with Crippen molar-refractivity contribution in [1.82, 2.24) is 39.3 Å². The number of fused-ring (bicyclic) bond motifs is 4. The van der Waals surface area contributed by atoms with Gasteiger partial charge in [-0.2, -0.15) is 5.10 Å². The Labute approximate surface area is 244 Å². The van der Waals surface area contributed by atoms with Crippen molar-refractivity contribution in [3.63, 3.8) is 0 Å². The zero-order chi connectivity index (χ0) is 28.7. The van der Waals surface area contributed by atoms with E-state index in [1.165, 1.54) is 17.1 Å². The van der Waals surface area contributed by atoms with Crippen LogP contribution in [0.4, 0.5) is 5.82 Å². The molecule has 1 aliphatic heterocycles. The Morgan fingerprint density at radius 3 is 2.66 bits per heavy atom. The van der Waals surface area contributed by atoms with Gasteiger partial charge < -0.3 is 5.32 Å². The van der Waals surface area contributed by atoms with Crippen molar-refractivity contribution in [1.29, 1.82) is 0 Å². The fraction of sp³-hybridized carbons (Fsp3) is 0.250. The summed E-state index contributed by atoms with van der Waals surface area (Å²) >= 11 is 12.3. The summed E-state index contributed by atoms with van der Waals surface area (Å²) in [5, 5.41) is 16.0. The molecule has 208 valence electrons. The van der Waals surface area contributed by atoms with Gasteiger partial charge >= 0.3 is 0 Å². The lowest BCUT2D eigenvalue weighted by Crippen LogP contribution is -2.27. The molecule has 0 fully saturated rings. The maximum atomic E-state index is 13.7. The molecule has 5 heterocycles. The highest BCUT2D eigenvalue weighted by molar-refractivity contribution is 6.31. The number of anilines is 1. The topological polar surface area (TPSA) is 125 Å². The predicted octanol–water partition coefficient (Wildman–Crippen LogP) is 4.94. The molecule has 11 nitrogen and oxygen atoms in total. The minimum Gasteiger partial charge on any atom is -0.310 e. The lowest BCUT2D eigenvalue weighted by Gasteiger charge is -2.22. The molecule has 0 saturated carbocycles. The maximum absolute atomic E-state index is 13.7. The third-order valence-corrected chi connectivity index (χ3v) is 7.70. The quantitative estimate of drug-likeness (QED) is 0.316. The van der Waals surface area contributed by atoms with Crippen molar-refractivity contribution in [3.8, 4) is 28.1 Å². The van der Waals surface area contributed by atoms with E-state index in [2.05, 4.69) is 30.7 Å². The van der Waals surface area contributed by atoms with Crippen LogP contribution in [0.15, 0.2) is 66.1 Å². The smallest absolute Gasteiger partial charge is 0.254 e. The van der Waals surface area contributed by atoms with Crippen molar-refractivity contribution in [2.45, 2.75) is 32.2 Å². The van der Waals surface area contributed by atoms with Gasteiger partial charge in [0.05, 0.1) is 41.8 Å². The SMILES string of the molecule is C[C@@H]1CCC[C@H](n2cnc(-c3cc(Cl)ccc3-n3cc(Cl)nn3)cc2=O)c2cc(ccn2)-c2cnn(C)c2NC1=O. The van der Waals surface area contributed by atoms with E-state index >= 15 is 0 Å². The van der Waals surface area contributed by atoms with Crippen LogP contribution in [0.3, 0.4) is 0 Å². The number of rotatable bonds is 3. The van der Waals surface area contributed by atoms with Gasteiger partial charge in [0.2, 0.25) is 5.91 Å². The molecule has 2 bridgehead atoms. The predicted molar refractivity (Wildman–Crippen MR) is 155 cm³/mol. The number of benzene rings is 1. The average molecular weight is 590 g/mol. The summed E-state index contributed by atoms with van der Waals surface area (Å²) in [5.41, 5.74) is 3.73. The standard InChI is InChI=1S/C28H25Cl2N9O2/c1-16-4-3-5-24(22-10-17(8-9-31-22)20-13-33-37(2)27(20)34-28(16)41)38-15-32-21(12-26(38)40)19-11-18(29)6-7-23(19)39-14-25(30)35-36-39/h6-16,24H,3-5H2,1-2H3,(H,34,41)/t16-,24+/m1/s1. The van der Waals surface area contributed by atoms with E-state index in [-0.39, 0.29) is 22.5 Å². The van der Waals surface area contributed by atoms with Gasteiger partial charge in [0.25, 0.3) is 5.56 Å². The molecule has 41 heavy (non-hydrogen) atoms. The molecule has 6 rings (SSSR count). The van der Waals surface area contributed by atoms with Crippen LogP contribution >= 0.6 is 23.2 Å². The third-order valence-electron chi connectivity index (χ3n) is 7.29. The number of amides is 1. The van der Waals surface area contributed by atoms with E-state index in [1.807, 2.05) is 19.1 Å². The molecule has 1 aromatic carbocycles. The molecule has 0 aliphatic carbocycles. The second-order valence-electron chi connectivity index (χ2n) is 10.0. The van der Waals surface area contributed by atoms with Crippen molar-refractivity contribution >= 4 is 34.9 Å². The number of aryl methyl sites for hydroxylation is 1. The first-order chi connectivity index (χ1) is 19.8. The van der Waals surface area contributed by atoms with Crippen LogP contribution in [0, 0.1) is 5.92 Å². The molecule has 0 unspecified atom stereocenters. The minimum absolute atomic E-state index is 0.0737. The zero-order valence-electron chi connectivity index (χ0n) is 22.2. The first-order valence-electron chi connectivity index (χ1n) is 13.0. The largest absolute Gasteiger partial charge is 0.310 e. The number of halogens is 2. The Morgan fingerprint density at radius 1 is 1.02 bits per heavy atom. The molecule has 0 radical (unpaired) electrons. The van der Waals surface area contributed by atoms with E-state index in [0.717, 1.165) is 11.1 Å². The Morgan fingerprint density at radius 2 is 1.88 bits per heavy atom. The first kappa shape index (κ1) is 26.9.